The Morgan fingerprint density at radius 1 is 0.944 bits per heavy atom. The number of ether oxygens (including phenoxy) is 1. The van der Waals surface area contributed by atoms with Crippen LogP contribution in [0.25, 0.3) is 0 Å². The second kappa shape index (κ2) is 10.2. The number of carbonyl (C=O) groups is 2. The lowest BCUT2D eigenvalue weighted by Crippen LogP contribution is -2.46. The summed E-state index contributed by atoms with van der Waals surface area (Å²) in [6.07, 6.45) is 1.60. The number of carbonyl (C=O) groups excluding carboxylic acids is 1. The van der Waals surface area contributed by atoms with Crippen molar-refractivity contribution in [3.8, 4) is 5.75 Å². The Bertz CT molecular complexity index is 1220. The highest BCUT2D eigenvalue weighted by atomic mass is 16.5. The van der Waals surface area contributed by atoms with Crippen LogP contribution in [0.4, 0.5) is 0 Å². The van der Waals surface area contributed by atoms with Crippen molar-refractivity contribution in [1.29, 1.82) is 0 Å². The Hall–Kier alpha value is -3.64. The van der Waals surface area contributed by atoms with Crippen molar-refractivity contribution in [2.24, 2.45) is 5.41 Å². The van der Waals surface area contributed by atoms with Gasteiger partial charge in [-0.05, 0) is 66.9 Å². The SMILES string of the molecule is COc1cccc([C@@H]2CN(Cc3ccccc3)C(=O)C23CCN(Cc2ccc(C(=O)O)cc2)CC3)c1. The number of carboxylic acid groups (broad SMARTS) is 1. The number of rotatable bonds is 7. The maximum Gasteiger partial charge on any atom is 0.335 e. The summed E-state index contributed by atoms with van der Waals surface area (Å²) < 4.78 is 5.50. The van der Waals surface area contributed by atoms with Gasteiger partial charge in [-0.2, -0.15) is 0 Å². The topological polar surface area (TPSA) is 70.1 Å². The summed E-state index contributed by atoms with van der Waals surface area (Å²) in [5.41, 5.74) is 3.27. The van der Waals surface area contributed by atoms with E-state index in [4.69, 9.17) is 9.84 Å². The molecule has 1 atom stereocenters. The van der Waals surface area contributed by atoms with Crippen LogP contribution in [0, 0.1) is 5.41 Å². The molecular weight excluding hydrogens is 452 g/mol. The highest BCUT2D eigenvalue weighted by Crippen LogP contribution is 2.51. The van der Waals surface area contributed by atoms with Gasteiger partial charge in [-0.3, -0.25) is 9.69 Å². The predicted octanol–water partition coefficient (Wildman–Crippen LogP) is 4.80. The number of methoxy groups -OCH3 is 1. The van der Waals surface area contributed by atoms with Crippen molar-refractivity contribution < 1.29 is 19.4 Å². The molecule has 0 aliphatic carbocycles. The lowest BCUT2D eigenvalue weighted by Gasteiger charge is -2.41. The zero-order chi connectivity index (χ0) is 25.1. The van der Waals surface area contributed by atoms with Gasteiger partial charge >= 0.3 is 5.97 Å². The molecule has 6 heteroatoms. The first-order chi connectivity index (χ1) is 17.5. The molecule has 36 heavy (non-hydrogen) atoms. The number of amides is 1. The van der Waals surface area contributed by atoms with E-state index in [9.17, 15) is 9.59 Å². The summed E-state index contributed by atoms with van der Waals surface area (Å²) in [5, 5.41) is 9.15. The Balaban J connectivity index is 1.36. The van der Waals surface area contributed by atoms with E-state index in [2.05, 4.69) is 29.2 Å². The summed E-state index contributed by atoms with van der Waals surface area (Å²) in [4.78, 5) is 29.6. The van der Waals surface area contributed by atoms with E-state index in [1.807, 2.05) is 47.4 Å². The van der Waals surface area contributed by atoms with Crippen molar-refractivity contribution in [2.75, 3.05) is 26.7 Å². The molecule has 0 unspecified atom stereocenters. The van der Waals surface area contributed by atoms with Crippen LogP contribution >= 0.6 is 0 Å². The van der Waals surface area contributed by atoms with Crippen LogP contribution in [0.2, 0.25) is 0 Å². The molecule has 3 aromatic carbocycles. The summed E-state index contributed by atoms with van der Waals surface area (Å²) in [7, 11) is 1.68. The zero-order valence-electron chi connectivity index (χ0n) is 20.6. The van der Waals surface area contributed by atoms with Gasteiger partial charge in [-0.15, -0.1) is 0 Å². The molecule has 5 rings (SSSR count). The van der Waals surface area contributed by atoms with Gasteiger partial charge in [0.05, 0.1) is 18.1 Å². The number of carboxylic acids is 1. The number of likely N-dealkylation sites (tertiary alicyclic amines) is 2. The summed E-state index contributed by atoms with van der Waals surface area (Å²) in [6, 6.07) is 25.5. The van der Waals surface area contributed by atoms with Crippen LogP contribution in [0.1, 0.15) is 45.8 Å². The Labute approximate surface area is 212 Å². The maximum absolute atomic E-state index is 14.0. The Morgan fingerprint density at radius 3 is 2.31 bits per heavy atom. The fourth-order valence-corrected chi connectivity index (χ4v) is 5.85. The average molecular weight is 485 g/mol. The van der Waals surface area contributed by atoms with Gasteiger partial charge in [0.25, 0.3) is 0 Å². The molecule has 2 heterocycles. The van der Waals surface area contributed by atoms with E-state index < -0.39 is 11.4 Å². The van der Waals surface area contributed by atoms with E-state index in [-0.39, 0.29) is 11.8 Å². The summed E-state index contributed by atoms with van der Waals surface area (Å²) in [5.74, 6) is 0.272. The third-order valence-corrected chi connectivity index (χ3v) is 7.85. The minimum absolute atomic E-state index is 0.112. The predicted molar refractivity (Wildman–Crippen MR) is 138 cm³/mol. The van der Waals surface area contributed by atoms with E-state index in [0.29, 0.717) is 18.7 Å². The minimum Gasteiger partial charge on any atom is -0.497 e. The molecule has 2 aliphatic rings. The first-order valence-corrected chi connectivity index (χ1v) is 12.5. The van der Waals surface area contributed by atoms with Crippen molar-refractivity contribution in [1.82, 2.24) is 9.80 Å². The van der Waals surface area contributed by atoms with Gasteiger partial charge in [0, 0.05) is 25.6 Å². The van der Waals surface area contributed by atoms with Crippen LogP contribution in [0.3, 0.4) is 0 Å². The van der Waals surface area contributed by atoms with Crippen molar-refractivity contribution >= 4 is 11.9 Å². The fourth-order valence-electron chi connectivity index (χ4n) is 5.85. The van der Waals surface area contributed by atoms with Gasteiger partial charge in [0.2, 0.25) is 5.91 Å². The number of piperidine rings is 1. The molecule has 1 N–H and O–H groups in total. The van der Waals surface area contributed by atoms with E-state index >= 15 is 0 Å². The van der Waals surface area contributed by atoms with Crippen LogP contribution in [0.15, 0.2) is 78.9 Å². The molecule has 1 amide bonds. The lowest BCUT2D eigenvalue weighted by atomic mass is 9.68. The third-order valence-electron chi connectivity index (χ3n) is 7.85. The monoisotopic (exact) mass is 484 g/mol. The zero-order valence-corrected chi connectivity index (χ0v) is 20.6. The summed E-state index contributed by atoms with van der Waals surface area (Å²) in [6.45, 7) is 3.74. The van der Waals surface area contributed by atoms with Crippen molar-refractivity contribution in [3.05, 3.63) is 101 Å². The normalized spacial score (nSPS) is 19.5. The molecule has 0 bridgehead atoms. The first-order valence-electron chi connectivity index (χ1n) is 12.5. The van der Waals surface area contributed by atoms with E-state index in [0.717, 1.165) is 54.9 Å². The van der Waals surface area contributed by atoms with E-state index in [1.165, 1.54) is 0 Å². The molecule has 0 radical (unpaired) electrons. The minimum atomic E-state index is -0.912. The Morgan fingerprint density at radius 2 is 1.64 bits per heavy atom. The molecule has 1 spiro atoms. The van der Waals surface area contributed by atoms with Crippen molar-refractivity contribution in [2.45, 2.75) is 31.8 Å². The highest BCUT2D eigenvalue weighted by molar-refractivity contribution is 5.87. The molecule has 3 aromatic rings. The molecule has 0 saturated carbocycles. The van der Waals surface area contributed by atoms with Crippen LogP contribution in [-0.2, 0) is 17.9 Å². The molecule has 2 fully saturated rings. The second-order valence-electron chi connectivity index (χ2n) is 9.93. The Kier molecular flexibility index (Phi) is 6.79. The number of nitrogens with zero attached hydrogens (tertiary/aromatic N) is 2. The molecule has 186 valence electrons. The van der Waals surface area contributed by atoms with Crippen LogP contribution < -0.4 is 4.74 Å². The van der Waals surface area contributed by atoms with Gasteiger partial charge in [0.1, 0.15) is 5.75 Å². The smallest absolute Gasteiger partial charge is 0.335 e. The number of aromatic carboxylic acids is 1. The quantitative estimate of drug-likeness (QED) is 0.522. The van der Waals surface area contributed by atoms with Crippen molar-refractivity contribution in [3.63, 3.8) is 0 Å². The molecule has 0 aromatic heterocycles. The second-order valence-corrected chi connectivity index (χ2v) is 9.93. The van der Waals surface area contributed by atoms with Gasteiger partial charge < -0.3 is 14.7 Å². The molecule has 2 saturated heterocycles. The fraction of sp³-hybridized carbons (Fsp3) is 0.333. The maximum atomic E-state index is 14.0. The lowest BCUT2D eigenvalue weighted by molar-refractivity contribution is -0.139. The highest BCUT2D eigenvalue weighted by Gasteiger charge is 2.55. The number of benzene rings is 3. The standard InChI is InChI=1S/C30H32N2O4/c1-36-26-9-5-8-25(18-26)27-21-32(20-22-6-3-2-4-7-22)29(35)30(27)14-16-31(17-15-30)19-23-10-12-24(13-11-23)28(33)34/h2-13,18,27H,14-17,19-21H2,1H3,(H,33,34)/t27-/m0/s1. The number of hydrogen-bond donors (Lipinski definition) is 1. The molecule has 6 nitrogen and oxygen atoms in total. The van der Waals surface area contributed by atoms with Gasteiger partial charge in [-0.25, -0.2) is 4.79 Å². The van der Waals surface area contributed by atoms with Crippen LogP contribution in [-0.4, -0.2) is 53.5 Å². The molecular formula is C30H32N2O4. The van der Waals surface area contributed by atoms with E-state index in [1.54, 1.807) is 19.2 Å². The first kappa shape index (κ1) is 24.1. The largest absolute Gasteiger partial charge is 0.497 e. The van der Waals surface area contributed by atoms with Gasteiger partial charge in [-0.1, -0.05) is 54.6 Å². The molecule has 2 aliphatic heterocycles. The average Bonchev–Trinajstić information content (AvgIpc) is 3.17. The van der Waals surface area contributed by atoms with Gasteiger partial charge in [0.15, 0.2) is 0 Å². The number of hydrogen-bond acceptors (Lipinski definition) is 4. The third kappa shape index (κ3) is 4.73. The van der Waals surface area contributed by atoms with Crippen LogP contribution in [0.5, 0.6) is 5.75 Å². The summed E-state index contributed by atoms with van der Waals surface area (Å²) >= 11 is 0.